The zero-order valence-corrected chi connectivity index (χ0v) is 16.7. The van der Waals surface area contributed by atoms with Crippen molar-refractivity contribution in [2.45, 2.75) is 23.0 Å². The van der Waals surface area contributed by atoms with E-state index in [2.05, 4.69) is 0 Å². The average Bonchev–Trinajstić information content (AvgIpc) is 3.32. The molecule has 26 heavy (non-hydrogen) atoms. The number of ether oxygens (including phenoxy) is 1. The van der Waals surface area contributed by atoms with Crippen molar-refractivity contribution in [3.63, 3.8) is 0 Å². The van der Waals surface area contributed by atoms with Crippen molar-refractivity contribution in [2.75, 3.05) is 13.2 Å². The largest absolute Gasteiger partial charge is 0.393 e. The highest BCUT2D eigenvalue weighted by Gasteiger charge is 2.73. The monoisotopic (exact) mass is 409 g/mol. The molecule has 0 bridgehead atoms. The van der Waals surface area contributed by atoms with Crippen molar-refractivity contribution in [1.82, 2.24) is 0 Å². The number of nitrogens with two attached hydrogens (primary N) is 1. The fourth-order valence-corrected chi connectivity index (χ4v) is 6.47. The first-order valence-electron chi connectivity index (χ1n) is 8.27. The molecule has 0 aliphatic heterocycles. The SMILES string of the molecule is CCOC[C@]1(C(N)=S)[C@H](c2ccccc2)[C@H]1S(=O)(=O)c1ccc(Cl)cc1. The number of hydrogen-bond acceptors (Lipinski definition) is 4. The van der Waals surface area contributed by atoms with E-state index < -0.39 is 20.5 Å². The summed E-state index contributed by atoms with van der Waals surface area (Å²) in [4.78, 5) is 0.379. The summed E-state index contributed by atoms with van der Waals surface area (Å²) in [5.74, 6) is -0.339. The Hall–Kier alpha value is -1.47. The van der Waals surface area contributed by atoms with Crippen molar-refractivity contribution < 1.29 is 13.2 Å². The van der Waals surface area contributed by atoms with Crippen LogP contribution in [0.5, 0.6) is 0 Å². The molecule has 0 saturated heterocycles. The molecule has 0 heterocycles. The summed E-state index contributed by atoms with van der Waals surface area (Å²) in [6.07, 6.45) is 0. The first kappa shape index (κ1) is 19.3. The van der Waals surface area contributed by atoms with Gasteiger partial charge in [0.15, 0.2) is 9.84 Å². The molecule has 0 aromatic heterocycles. The minimum atomic E-state index is -3.67. The van der Waals surface area contributed by atoms with Gasteiger partial charge in [0.25, 0.3) is 0 Å². The van der Waals surface area contributed by atoms with Crippen LogP contribution >= 0.6 is 23.8 Å². The Morgan fingerprint density at radius 1 is 1.19 bits per heavy atom. The number of rotatable bonds is 7. The lowest BCUT2D eigenvalue weighted by Gasteiger charge is -2.17. The molecule has 1 aliphatic rings. The van der Waals surface area contributed by atoms with E-state index in [1.165, 1.54) is 12.1 Å². The molecule has 2 aromatic rings. The van der Waals surface area contributed by atoms with E-state index in [0.717, 1.165) is 5.56 Å². The summed E-state index contributed by atoms with van der Waals surface area (Å²) in [5, 5.41) is -0.281. The van der Waals surface area contributed by atoms with Gasteiger partial charge in [-0.2, -0.15) is 0 Å². The molecular formula is C19H20ClNO3S2. The third-order valence-electron chi connectivity index (χ3n) is 4.90. The molecule has 2 aromatic carbocycles. The molecule has 0 spiro atoms. The summed E-state index contributed by atoms with van der Waals surface area (Å²) in [6.45, 7) is 2.49. The topological polar surface area (TPSA) is 69.4 Å². The van der Waals surface area contributed by atoms with Gasteiger partial charge in [0.05, 0.1) is 27.2 Å². The molecule has 2 N–H and O–H groups in total. The van der Waals surface area contributed by atoms with Gasteiger partial charge in [-0.1, -0.05) is 54.2 Å². The summed E-state index contributed by atoms with van der Waals surface area (Å²) >= 11 is 11.2. The van der Waals surface area contributed by atoms with E-state index in [9.17, 15) is 8.42 Å². The predicted molar refractivity (Wildman–Crippen MR) is 107 cm³/mol. The van der Waals surface area contributed by atoms with Gasteiger partial charge < -0.3 is 10.5 Å². The Kier molecular flexibility index (Phi) is 5.40. The smallest absolute Gasteiger partial charge is 0.182 e. The number of sulfone groups is 1. The number of benzene rings is 2. The van der Waals surface area contributed by atoms with E-state index in [1.54, 1.807) is 12.1 Å². The molecular weight excluding hydrogens is 390 g/mol. The van der Waals surface area contributed by atoms with E-state index in [-0.39, 0.29) is 22.4 Å². The molecule has 0 unspecified atom stereocenters. The van der Waals surface area contributed by atoms with Crippen molar-refractivity contribution in [2.24, 2.45) is 11.1 Å². The second-order valence-corrected chi connectivity index (χ2v) is 9.30. The quantitative estimate of drug-likeness (QED) is 0.707. The van der Waals surface area contributed by atoms with Crippen LogP contribution in [0.25, 0.3) is 0 Å². The predicted octanol–water partition coefficient (Wildman–Crippen LogP) is 3.59. The lowest BCUT2D eigenvalue weighted by molar-refractivity contribution is 0.121. The molecule has 3 rings (SSSR count). The van der Waals surface area contributed by atoms with E-state index in [1.807, 2.05) is 37.3 Å². The summed E-state index contributed by atoms with van der Waals surface area (Å²) in [5.41, 5.74) is 6.04. The number of hydrogen-bond donors (Lipinski definition) is 1. The molecule has 1 fully saturated rings. The van der Waals surface area contributed by atoms with Gasteiger partial charge in [-0.15, -0.1) is 0 Å². The summed E-state index contributed by atoms with van der Waals surface area (Å²) in [6, 6.07) is 15.6. The van der Waals surface area contributed by atoms with Gasteiger partial charge in [-0.05, 0) is 36.8 Å². The molecule has 1 aliphatic carbocycles. The third-order valence-corrected chi connectivity index (χ3v) is 7.82. The Labute approximate surface area is 164 Å². The summed E-state index contributed by atoms with van der Waals surface area (Å²) < 4.78 is 32.3. The summed E-state index contributed by atoms with van der Waals surface area (Å²) in [7, 11) is -3.67. The van der Waals surface area contributed by atoms with E-state index in [4.69, 9.17) is 34.3 Å². The Bertz CT molecular complexity index is 900. The highest BCUT2D eigenvalue weighted by Crippen LogP contribution is 2.64. The van der Waals surface area contributed by atoms with Crippen molar-refractivity contribution >= 4 is 38.6 Å². The molecule has 138 valence electrons. The van der Waals surface area contributed by atoms with Gasteiger partial charge >= 0.3 is 0 Å². The standard InChI is InChI=1S/C19H20ClNO3S2/c1-2-24-12-19(18(21)25)16(13-6-4-3-5-7-13)17(19)26(22,23)15-10-8-14(20)9-11-15/h3-11,16-17H,2,12H2,1H3,(H2,21,25)/t16-,17-,19+/m1/s1. The molecule has 0 amide bonds. The highest BCUT2D eigenvalue weighted by atomic mass is 35.5. The normalized spacial score (nSPS) is 25.0. The van der Waals surface area contributed by atoms with Crippen molar-refractivity contribution in [3.05, 3.63) is 65.2 Å². The zero-order valence-electron chi connectivity index (χ0n) is 14.3. The first-order chi connectivity index (χ1) is 12.4. The van der Waals surface area contributed by atoms with Crippen LogP contribution in [-0.4, -0.2) is 31.9 Å². The minimum absolute atomic E-state index is 0.169. The maximum Gasteiger partial charge on any atom is 0.182 e. The molecule has 3 atom stereocenters. The molecule has 4 nitrogen and oxygen atoms in total. The van der Waals surface area contributed by atoms with Gasteiger partial charge in [0.1, 0.15) is 0 Å². The van der Waals surface area contributed by atoms with E-state index in [0.29, 0.717) is 11.6 Å². The molecule has 7 heteroatoms. The fourth-order valence-electron chi connectivity index (χ4n) is 3.57. The second kappa shape index (κ2) is 7.27. The van der Waals surface area contributed by atoms with Crippen LogP contribution < -0.4 is 5.73 Å². The van der Waals surface area contributed by atoms with Crippen LogP contribution in [0.3, 0.4) is 0 Å². The Morgan fingerprint density at radius 3 is 2.35 bits per heavy atom. The fraction of sp³-hybridized carbons (Fsp3) is 0.316. The van der Waals surface area contributed by atoms with Crippen LogP contribution in [0.4, 0.5) is 0 Å². The lowest BCUT2D eigenvalue weighted by atomic mass is 10.00. The minimum Gasteiger partial charge on any atom is -0.393 e. The highest BCUT2D eigenvalue weighted by molar-refractivity contribution is 7.92. The number of halogens is 1. The van der Waals surface area contributed by atoms with Gasteiger partial charge in [0.2, 0.25) is 0 Å². The van der Waals surface area contributed by atoms with Crippen LogP contribution in [-0.2, 0) is 14.6 Å². The molecule has 0 radical (unpaired) electrons. The van der Waals surface area contributed by atoms with E-state index >= 15 is 0 Å². The van der Waals surface area contributed by atoms with Gasteiger partial charge in [0, 0.05) is 17.5 Å². The van der Waals surface area contributed by atoms with Crippen molar-refractivity contribution in [3.8, 4) is 0 Å². The average molecular weight is 410 g/mol. The van der Waals surface area contributed by atoms with Crippen LogP contribution in [0.15, 0.2) is 59.5 Å². The number of thiocarbonyl (C=S) groups is 1. The maximum atomic E-state index is 13.4. The van der Waals surface area contributed by atoms with Crippen LogP contribution in [0, 0.1) is 5.41 Å². The molecule has 1 saturated carbocycles. The third kappa shape index (κ3) is 3.16. The first-order valence-corrected chi connectivity index (χ1v) is 10.6. The van der Waals surface area contributed by atoms with Crippen LogP contribution in [0.1, 0.15) is 18.4 Å². The van der Waals surface area contributed by atoms with Crippen molar-refractivity contribution in [1.29, 1.82) is 0 Å². The maximum absolute atomic E-state index is 13.4. The Morgan fingerprint density at radius 2 is 1.81 bits per heavy atom. The van der Waals surface area contributed by atoms with Gasteiger partial charge in [-0.25, -0.2) is 8.42 Å². The van der Waals surface area contributed by atoms with Gasteiger partial charge in [-0.3, -0.25) is 0 Å². The van der Waals surface area contributed by atoms with Crippen LogP contribution in [0.2, 0.25) is 5.02 Å². The second-order valence-electron chi connectivity index (χ2n) is 6.35. The lowest BCUT2D eigenvalue weighted by Crippen LogP contribution is -2.33. The Balaban J connectivity index is 2.09. The zero-order chi connectivity index (χ0) is 18.9.